The first kappa shape index (κ1) is 12.6. The molecule has 96 valence electrons. The lowest BCUT2D eigenvalue weighted by Crippen LogP contribution is -2.11. The predicted octanol–water partition coefficient (Wildman–Crippen LogP) is 2.62. The van der Waals surface area contributed by atoms with Gasteiger partial charge in [-0.3, -0.25) is 4.98 Å². The van der Waals surface area contributed by atoms with Crippen molar-refractivity contribution in [2.45, 2.75) is 20.0 Å². The number of pyridine rings is 1. The number of nitrogens with two attached hydrogens (primary N) is 1. The molecule has 0 saturated heterocycles. The summed E-state index contributed by atoms with van der Waals surface area (Å²) >= 11 is 0. The second-order valence-electron chi connectivity index (χ2n) is 4.34. The highest BCUT2D eigenvalue weighted by atomic mass is 16.5. The molecule has 0 bridgehead atoms. The van der Waals surface area contributed by atoms with Gasteiger partial charge in [-0.25, -0.2) is 0 Å². The topological polar surface area (TPSA) is 57.4 Å². The molecule has 0 saturated carbocycles. The number of anilines is 1. The van der Waals surface area contributed by atoms with Gasteiger partial charge in [-0.05, 0) is 32.0 Å². The van der Waals surface area contributed by atoms with Gasteiger partial charge < -0.3 is 15.2 Å². The van der Waals surface area contributed by atoms with Crippen molar-refractivity contribution in [1.29, 1.82) is 0 Å². The van der Waals surface area contributed by atoms with Gasteiger partial charge in [0, 0.05) is 28.9 Å². The SMILES string of the molecule is CC(C)OCCOc1ccc(N)c2ccncc12. The number of nitrogens with zero attached hydrogens (tertiary/aromatic N) is 1. The van der Waals surface area contributed by atoms with Crippen LogP contribution in [0.2, 0.25) is 0 Å². The third-order valence-electron chi connectivity index (χ3n) is 2.60. The Balaban J connectivity index is 2.11. The molecule has 1 heterocycles. The van der Waals surface area contributed by atoms with Gasteiger partial charge in [-0.2, -0.15) is 0 Å². The summed E-state index contributed by atoms with van der Waals surface area (Å²) in [6.07, 6.45) is 3.72. The van der Waals surface area contributed by atoms with Gasteiger partial charge in [0.2, 0.25) is 0 Å². The zero-order chi connectivity index (χ0) is 13.0. The molecule has 1 aromatic carbocycles. The first-order chi connectivity index (χ1) is 8.68. The van der Waals surface area contributed by atoms with Crippen molar-refractivity contribution < 1.29 is 9.47 Å². The monoisotopic (exact) mass is 246 g/mol. The Kier molecular flexibility index (Phi) is 3.99. The summed E-state index contributed by atoms with van der Waals surface area (Å²) in [6.45, 7) is 5.10. The number of rotatable bonds is 5. The zero-order valence-corrected chi connectivity index (χ0v) is 10.7. The van der Waals surface area contributed by atoms with E-state index >= 15 is 0 Å². The van der Waals surface area contributed by atoms with Crippen LogP contribution in [-0.2, 0) is 4.74 Å². The highest BCUT2D eigenvalue weighted by Gasteiger charge is 2.05. The Labute approximate surface area is 107 Å². The van der Waals surface area contributed by atoms with Crippen LogP contribution >= 0.6 is 0 Å². The lowest BCUT2D eigenvalue weighted by molar-refractivity contribution is 0.0556. The molecule has 0 atom stereocenters. The summed E-state index contributed by atoms with van der Waals surface area (Å²) < 4.78 is 11.1. The van der Waals surface area contributed by atoms with Gasteiger partial charge >= 0.3 is 0 Å². The van der Waals surface area contributed by atoms with Gasteiger partial charge in [-0.15, -0.1) is 0 Å². The fourth-order valence-electron chi connectivity index (χ4n) is 1.75. The van der Waals surface area contributed by atoms with Crippen LogP contribution in [0.5, 0.6) is 5.75 Å². The molecular weight excluding hydrogens is 228 g/mol. The summed E-state index contributed by atoms with van der Waals surface area (Å²) in [5.74, 6) is 0.791. The quantitative estimate of drug-likeness (QED) is 0.651. The average Bonchev–Trinajstić information content (AvgIpc) is 2.37. The standard InChI is InChI=1S/C14H18N2O2/c1-10(2)17-7-8-18-14-4-3-13(15)11-5-6-16-9-12(11)14/h3-6,9-10H,7-8,15H2,1-2H3. The predicted molar refractivity (Wildman–Crippen MR) is 72.7 cm³/mol. The zero-order valence-electron chi connectivity index (χ0n) is 10.7. The number of hydrogen-bond donors (Lipinski definition) is 1. The van der Waals surface area contributed by atoms with Gasteiger partial charge in [0.05, 0.1) is 12.7 Å². The summed E-state index contributed by atoms with van der Waals surface area (Å²) in [5, 5.41) is 1.90. The number of hydrogen-bond acceptors (Lipinski definition) is 4. The second-order valence-corrected chi connectivity index (χ2v) is 4.34. The smallest absolute Gasteiger partial charge is 0.128 e. The molecule has 0 aliphatic heterocycles. The molecule has 2 rings (SSSR count). The molecule has 0 unspecified atom stereocenters. The Bertz CT molecular complexity index is 526. The molecule has 4 heteroatoms. The van der Waals surface area contributed by atoms with Crippen LogP contribution in [0.1, 0.15) is 13.8 Å². The minimum absolute atomic E-state index is 0.221. The van der Waals surface area contributed by atoms with Gasteiger partial charge in [0.15, 0.2) is 0 Å². The van der Waals surface area contributed by atoms with E-state index in [9.17, 15) is 0 Å². The van der Waals surface area contributed by atoms with E-state index < -0.39 is 0 Å². The van der Waals surface area contributed by atoms with E-state index in [2.05, 4.69) is 4.98 Å². The van der Waals surface area contributed by atoms with Crippen LogP contribution in [-0.4, -0.2) is 24.3 Å². The van der Waals surface area contributed by atoms with Gasteiger partial charge in [-0.1, -0.05) is 0 Å². The highest BCUT2D eigenvalue weighted by molar-refractivity contribution is 5.96. The summed E-state index contributed by atoms with van der Waals surface area (Å²) in [7, 11) is 0. The van der Waals surface area contributed by atoms with Crippen molar-refractivity contribution in [3.05, 3.63) is 30.6 Å². The first-order valence-electron chi connectivity index (χ1n) is 6.05. The molecule has 18 heavy (non-hydrogen) atoms. The summed E-state index contributed by atoms with van der Waals surface area (Å²) in [6, 6.07) is 5.61. The maximum absolute atomic E-state index is 5.91. The second kappa shape index (κ2) is 5.69. The number of aromatic nitrogens is 1. The van der Waals surface area contributed by atoms with Crippen molar-refractivity contribution in [3.8, 4) is 5.75 Å². The van der Waals surface area contributed by atoms with E-state index in [-0.39, 0.29) is 6.10 Å². The van der Waals surface area contributed by atoms with Crippen LogP contribution in [0.3, 0.4) is 0 Å². The molecule has 2 N–H and O–H groups in total. The first-order valence-corrected chi connectivity index (χ1v) is 6.05. The van der Waals surface area contributed by atoms with E-state index in [1.165, 1.54) is 0 Å². The normalized spacial score (nSPS) is 11.1. The molecule has 2 aromatic rings. The average molecular weight is 246 g/mol. The van der Waals surface area contributed by atoms with Crippen LogP contribution in [0.15, 0.2) is 30.6 Å². The van der Waals surface area contributed by atoms with Crippen molar-refractivity contribution in [2.24, 2.45) is 0 Å². The molecule has 0 amide bonds. The number of benzene rings is 1. The maximum Gasteiger partial charge on any atom is 0.128 e. The van der Waals surface area contributed by atoms with E-state index in [1.807, 2.05) is 32.0 Å². The van der Waals surface area contributed by atoms with E-state index in [4.69, 9.17) is 15.2 Å². The van der Waals surface area contributed by atoms with Crippen molar-refractivity contribution in [1.82, 2.24) is 4.98 Å². The molecule has 0 aliphatic carbocycles. The molecular formula is C14H18N2O2. The van der Waals surface area contributed by atoms with Gasteiger partial charge in [0.1, 0.15) is 12.4 Å². The fraction of sp³-hybridized carbons (Fsp3) is 0.357. The van der Waals surface area contributed by atoms with Crippen molar-refractivity contribution >= 4 is 16.5 Å². The van der Waals surface area contributed by atoms with Crippen molar-refractivity contribution in [3.63, 3.8) is 0 Å². The van der Waals surface area contributed by atoms with E-state index in [0.29, 0.717) is 13.2 Å². The number of ether oxygens (including phenoxy) is 2. The highest BCUT2D eigenvalue weighted by Crippen LogP contribution is 2.29. The fourth-order valence-corrected chi connectivity index (χ4v) is 1.75. The van der Waals surface area contributed by atoms with E-state index in [1.54, 1.807) is 12.4 Å². The lowest BCUT2D eigenvalue weighted by Gasteiger charge is -2.11. The molecule has 0 spiro atoms. The molecule has 0 aliphatic rings. The number of nitrogen functional groups attached to an aromatic ring is 1. The van der Waals surface area contributed by atoms with Crippen LogP contribution in [0.25, 0.3) is 10.8 Å². The molecule has 0 fully saturated rings. The minimum Gasteiger partial charge on any atom is -0.490 e. The molecule has 1 aromatic heterocycles. The van der Waals surface area contributed by atoms with Gasteiger partial charge in [0.25, 0.3) is 0 Å². The number of fused-ring (bicyclic) bond motifs is 1. The van der Waals surface area contributed by atoms with Crippen molar-refractivity contribution in [2.75, 3.05) is 18.9 Å². The Morgan fingerprint density at radius 1 is 1.17 bits per heavy atom. The third-order valence-corrected chi connectivity index (χ3v) is 2.60. The third kappa shape index (κ3) is 2.90. The Morgan fingerprint density at radius 2 is 2.00 bits per heavy atom. The summed E-state index contributed by atoms with van der Waals surface area (Å²) in [5.41, 5.74) is 6.65. The minimum atomic E-state index is 0.221. The maximum atomic E-state index is 5.91. The molecule has 4 nitrogen and oxygen atoms in total. The summed E-state index contributed by atoms with van der Waals surface area (Å²) in [4.78, 5) is 4.10. The van der Waals surface area contributed by atoms with Crippen LogP contribution < -0.4 is 10.5 Å². The largest absolute Gasteiger partial charge is 0.490 e. The lowest BCUT2D eigenvalue weighted by atomic mass is 10.1. The van der Waals surface area contributed by atoms with Crippen LogP contribution in [0.4, 0.5) is 5.69 Å². The molecule has 0 radical (unpaired) electrons. The Morgan fingerprint density at radius 3 is 2.78 bits per heavy atom. The van der Waals surface area contributed by atoms with Crippen LogP contribution in [0, 0.1) is 0 Å². The Hall–Kier alpha value is -1.81. The van der Waals surface area contributed by atoms with E-state index in [0.717, 1.165) is 22.2 Å².